The van der Waals surface area contributed by atoms with Crippen LogP contribution in [0.1, 0.15) is 6.92 Å². The Morgan fingerprint density at radius 3 is 2.74 bits per heavy atom. The largest absolute Gasteiger partial charge is 0.481 e. The van der Waals surface area contributed by atoms with E-state index in [1.165, 1.54) is 0 Å². The Bertz CT molecular complexity index is 590. The minimum Gasteiger partial charge on any atom is -0.481 e. The summed E-state index contributed by atoms with van der Waals surface area (Å²) in [5.74, 6) is 1.12. The summed E-state index contributed by atoms with van der Waals surface area (Å²) in [6.07, 6.45) is 1.65. The van der Waals surface area contributed by atoms with Crippen LogP contribution < -0.4 is 10.1 Å². The molecule has 19 heavy (non-hydrogen) atoms. The lowest BCUT2D eigenvalue weighted by Gasteiger charge is -2.10. The number of aromatic nitrogens is 2. The molecule has 0 bridgehead atoms. The van der Waals surface area contributed by atoms with E-state index in [0.717, 1.165) is 12.1 Å². The highest BCUT2D eigenvalue weighted by Crippen LogP contribution is 2.33. The third-order valence-electron chi connectivity index (χ3n) is 2.49. The Kier molecular flexibility index (Phi) is 4.45. The van der Waals surface area contributed by atoms with Crippen molar-refractivity contribution in [3.63, 3.8) is 0 Å². The van der Waals surface area contributed by atoms with Crippen LogP contribution in [0, 0.1) is 0 Å². The quantitative estimate of drug-likeness (QED) is 0.930. The smallest absolute Gasteiger partial charge is 0.213 e. The summed E-state index contributed by atoms with van der Waals surface area (Å²) in [6, 6.07) is 5.27. The van der Waals surface area contributed by atoms with E-state index >= 15 is 0 Å². The first-order valence-corrected chi connectivity index (χ1v) is 6.51. The second-order valence-electron chi connectivity index (χ2n) is 3.77. The zero-order valence-electron chi connectivity index (χ0n) is 10.6. The van der Waals surface area contributed by atoms with Gasteiger partial charge in [-0.1, -0.05) is 23.2 Å². The molecular weight excluding hydrogens is 285 g/mol. The van der Waals surface area contributed by atoms with E-state index in [2.05, 4.69) is 15.3 Å². The molecule has 0 radical (unpaired) electrons. The van der Waals surface area contributed by atoms with Gasteiger partial charge in [0.2, 0.25) is 5.88 Å². The van der Waals surface area contributed by atoms with Crippen LogP contribution in [0.5, 0.6) is 5.88 Å². The molecule has 1 N–H and O–H groups in total. The van der Waals surface area contributed by atoms with Gasteiger partial charge in [-0.15, -0.1) is 0 Å². The lowest BCUT2D eigenvalue weighted by atomic mass is 10.2. The van der Waals surface area contributed by atoms with Crippen LogP contribution >= 0.6 is 23.2 Å². The summed E-state index contributed by atoms with van der Waals surface area (Å²) in [4.78, 5) is 8.50. The molecule has 2 aromatic rings. The maximum atomic E-state index is 6.20. The van der Waals surface area contributed by atoms with Gasteiger partial charge in [0.25, 0.3) is 0 Å². The Labute approximate surface area is 121 Å². The third kappa shape index (κ3) is 3.08. The lowest BCUT2D eigenvalue weighted by Crippen LogP contribution is -2.01. The summed E-state index contributed by atoms with van der Waals surface area (Å²) in [6.45, 7) is 2.70. The molecule has 2 rings (SSSR count). The van der Waals surface area contributed by atoms with Crippen molar-refractivity contribution in [2.45, 2.75) is 6.92 Å². The van der Waals surface area contributed by atoms with E-state index in [-0.39, 0.29) is 0 Å². The number of pyridine rings is 2. The van der Waals surface area contributed by atoms with Gasteiger partial charge in [0.1, 0.15) is 5.82 Å². The van der Waals surface area contributed by atoms with Gasteiger partial charge in [0.05, 0.1) is 22.8 Å². The SMILES string of the molecule is CCNc1nc(-c2ccnc(OC)c2)c(Cl)cc1Cl. The van der Waals surface area contributed by atoms with Crippen molar-refractivity contribution < 1.29 is 4.74 Å². The van der Waals surface area contributed by atoms with Gasteiger partial charge in [-0.25, -0.2) is 9.97 Å². The van der Waals surface area contributed by atoms with Gasteiger partial charge >= 0.3 is 0 Å². The molecule has 0 saturated carbocycles. The second-order valence-corrected chi connectivity index (χ2v) is 4.58. The van der Waals surface area contributed by atoms with Crippen molar-refractivity contribution in [2.75, 3.05) is 19.0 Å². The molecule has 0 aromatic carbocycles. The van der Waals surface area contributed by atoms with Crippen molar-refractivity contribution in [3.05, 3.63) is 34.4 Å². The monoisotopic (exact) mass is 297 g/mol. The van der Waals surface area contributed by atoms with Gasteiger partial charge < -0.3 is 10.1 Å². The fraction of sp³-hybridized carbons (Fsp3) is 0.231. The van der Waals surface area contributed by atoms with E-state index in [4.69, 9.17) is 27.9 Å². The molecule has 0 saturated heterocycles. The molecule has 0 amide bonds. The van der Waals surface area contributed by atoms with E-state index in [1.54, 1.807) is 25.4 Å². The standard InChI is InChI=1S/C13H13Cl2N3O/c1-3-16-13-10(15)7-9(14)12(18-13)8-4-5-17-11(6-8)19-2/h4-7H,3H2,1-2H3,(H,16,18). The van der Waals surface area contributed by atoms with Crippen molar-refractivity contribution >= 4 is 29.0 Å². The maximum Gasteiger partial charge on any atom is 0.213 e. The minimum absolute atomic E-state index is 0.486. The second kappa shape index (κ2) is 6.08. The number of halogens is 2. The number of hydrogen-bond acceptors (Lipinski definition) is 4. The molecule has 0 aliphatic heterocycles. The number of hydrogen-bond donors (Lipinski definition) is 1. The maximum absolute atomic E-state index is 6.20. The number of nitrogens with one attached hydrogen (secondary N) is 1. The lowest BCUT2D eigenvalue weighted by molar-refractivity contribution is 0.398. The summed E-state index contributed by atoms with van der Waals surface area (Å²) in [5, 5.41) is 4.08. The van der Waals surface area contributed by atoms with Crippen molar-refractivity contribution in [1.29, 1.82) is 0 Å². The average Bonchev–Trinajstić information content (AvgIpc) is 2.42. The Morgan fingerprint density at radius 2 is 2.05 bits per heavy atom. The minimum atomic E-state index is 0.486. The summed E-state index contributed by atoms with van der Waals surface area (Å²) in [7, 11) is 1.56. The molecular formula is C13H13Cl2N3O. The number of anilines is 1. The van der Waals surface area contributed by atoms with E-state index in [9.17, 15) is 0 Å². The van der Waals surface area contributed by atoms with E-state index in [0.29, 0.717) is 27.4 Å². The number of rotatable bonds is 4. The molecule has 0 unspecified atom stereocenters. The number of nitrogens with zero attached hydrogens (tertiary/aromatic N) is 2. The third-order valence-corrected chi connectivity index (χ3v) is 3.07. The molecule has 2 heterocycles. The van der Waals surface area contributed by atoms with Crippen molar-refractivity contribution in [3.8, 4) is 17.1 Å². The predicted octanol–water partition coefficient (Wildman–Crippen LogP) is 3.89. The highest BCUT2D eigenvalue weighted by atomic mass is 35.5. The highest BCUT2D eigenvalue weighted by molar-refractivity contribution is 6.37. The first-order valence-electron chi connectivity index (χ1n) is 5.76. The van der Waals surface area contributed by atoms with Crippen LogP contribution in [-0.2, 0) is 0 Å². The molecule has 0 aliphatic rings. The van der Waals surface area contributed by atoms with Crippen LogP contribution in [-0.4, -0.2) is 23.6 Å². The first-order chi connectivity index (χ1) is 9.15. The molecule has 2 aromatic heterocycles. The van der Waals surface area contributed by atoms with Crippen molar-refractivity contribution in [2.24, 2.45) is 0 Å². The van der Waals surface area contributed by atoms with Gasteiger partial charge in [-0.3, -0.25) is 0 Å². The summed E-state index contributed by atoms with van der Waals surface area (Å²) >= 11 is 12.3. The molecule has 0 spiro atoms. The van der Waals surface area contributed by atoms with Gasteiger partial charge in [-0.2, -0.15) is 0 Å². The van der Waals surface area contributed by atoms with Crippen LogP contribution in [0.25, 0.3) is 11.3 Å². The number of methoxy groups -OCH3 is 1. The first kappa shape index (κ1) is 13.9. The zero-order valence-corrected chi connectivity index (χ0v) is 12.1. The normalized spacial score (nSPS) is 10.3. The molecule has 0 fully saturated rings. The van der Waals surface area contributed by atoms with E-state index in [1.807, 2.05) is 13.0 Å². The molecule has 6 heteroatoms. The topological polar surface area (TPSA) is 47.0 Å². The Balaban J connectivity index is 2.51. The van der Waals surface area contributed by atoms with Crippen LogP contribution in [0.4, 0.5) is 5.82 Å². The van der Waals surface area contributed by atoms with Gasteiger partial charge in [0.15, 0.2) is 0 Å². The number of ether oxygens (including phenoxy) is 1. The fourth-order valence-electron chi connectivity index (χ4n) is 1.63. The highest BCUT2D eigenvalue weighted by Gasteiger charge is 2.11. The Hall–Kier alpha value is -1.52. The molecule has 0 aliphatic carbocycles. The van der Waals surface area contributed by atoms with Crippen LogP contribution in [0.2, 0.25) is 10.0 Å². The van der Waals surface area contributed by atoms with Crippen LogP contribution in [0.3, 0.4) is 0 Å². The molecule has 4 nitrogen and oxygen atoms in total. The fourth-order valence-corrected chi connectivity index (χ4v) is 2.16. The molecule has 100 valence electrons. The van der Waals surface area contributed by atoms with Gasteiger partial charge in [-0.05, 0) is 19.1 Å². The Morgan fingerprint density at radius 1 is 1.26 bits per heavy atom. The van der Waals surface area contributed by atoms with Crippen molar-refractivity contribution in [1.82, 2.24) is 9.97 Å². The summed E-state index contributed by atoms with van der Waals surface area (Å²) in [5.41, 5.74) is 1.47. The zero-order chi connectivity index (χ0) is 13.8. The average molecular weight is 298 g/mol. The van der Waals surface area contributed by atoms with Crippen LogP contribution in [0.15, 0.2) is 24.4 Å². The van der Waals surface area contributed by atoms with E-state index < -0.39 is 0 Å². The predicted molar refractivity (Wildman–Crippen MR) is 78.2 cm³/mol. The molecule has 0 atom stereocenters. The van der Waals surface area contributed by atoms with Gasteiger partial charge in [0, 0.05) is 24.4 Å². The summed E-state index contributed by atoms with van der Waals surface area (Å²) < 4.78 is 5.09.